The lowest BCUT2D eigenvalue weighted by Crippen LogP contribution is -2.15. The molecule has 0 aliphatic rings. The summed E-state index contributed by atoms with van der Waals surface area (Å²) in [6.45, 7) is -0.268. The Hall–Kier alpha value is -1.65. The first kappa shape index (κ1) is 13.8. The second kappa shape index (κ2) is 5.99. The van der Waals surface area contributed by atoms with Gasteiger partial charge in [-0.25, -0.2) is 8.78 Å². The molecule has 0 saturated carbocycles. The van der Waals surface area contributed by atoms with E-state index in [0.29, 0.717) is 5.56 Å². The van der Waals surface area contributed by atoms with Crippen molar-refractivity contribution in [1.82, 2.24) is 0 Å². The number of benzene rings is 2. The van der Waals surface area contributed by atoms with Crippen LogP contribution < -0.4 is 5.32 Å². The van der Waals surface area contributed by atoms with Crippen LogP contribution in [0.25, 0.3) is 0 Å². The fraction of sp³-hybridized carbons (Fsp3) is 0.143. The van der Waals surface area contributed by atoms with Gasteiger partial charge in [-0.15, -0.1) is 0 Å². The van der Waals surface area contributed by atoms with Crippen LogP contribution in [0.3, 0.4) is 0 Å². The lowest BCUT2D eigenvalue weighted by molar-refractivity contribution is 0.276. The zero-order chi connectivity index (χ0) is 13.8. The van der Waals surface area contributed by atoms with Gasteiger partial charge in [-0.1, -0.05) is 29.8 Å². The van der Waals surface area contributed by atoms with Crippen molar-refractivity contribution < 1.29 is 13.9 Å². The number of hydrogen-bond acceptors (Lipinski definition) is 2. The third kappa shape index (κ3) is 3.22. The summed E-state index contributed by atoms with van der Waals surface area (Å²) in [4.78, 5) is 0. The Kier molecular flexibility index (Phi) is 4.35. The van der Waals surface area contributed by atoms with Gasteiger partial charge in [0.1, 0.15) is 11.6 Å². The van der Waals surface area contributed by atoms with Gasteiger partial charge >= 0.3 is 0 Å². The molecule has 1 atom stereocenters. The van der Waals surface area contributed by atoms with E-state index in [9.17, 15) is 13.9 Å². The van der Waals surface area contributed by atoms with E-state index in [-0.39, 0.29) is 17.3 Å². The Morgan fingerprint density at radius 1 is 1.11 bits per heavy atom. The van der Waals surface area contributed by atoms with Crippen LogP contribution >= 0.6 is 11.6 Å². The average molecular weight is 284 g/mol. The molecule has 5 heteroatoms. The van der Waals surface area contributed by atoms with E-state index < -0.39 is 17.7 Å². The molecule has 0 fully saturated rings. The summed E-state index contributed by atoms with van der Waals surface area (Å²) >= 11 is 5.69. The first-order valence-electron chi connectivity index (χ1n) is 5.68. The molecular formula is C14H12ClF2NO. The maximum atomic E-state index is 13.5. The summed E-state index contributed by atoms with van der Waals surface area (Å²) in [6.07, 6.45) is 0. The van der Waals surface area contributed by atoms with Crippen molar-refractivity contribution in [2.45, 2.75) is 6.04 Å². The van der Waals surface area contributed by atoms with Crippen molar-refractivity contribution in [3.05, 3.63) is 64.7 Å². The Morgan fingerprint density at radius 2 is 1.84 bits per heavy atom. The third-order valence-corrected chi connectivity index (χ3v) is 3.02. The summed E-state index contributed by atoms with van der Waals surface area (Å²) in [5, 5.41) is 12.2. The van der Waals surface area contributed by atoms with Crippen molar-refractivity contribution in [2.75, 3.05) is 11.9 Å². The van der Waals surface area contributed by atoms with Gasteiger partial charge in [0.05, 0.1) is 23.4 Å². The molecule has 0 aliphatic heterocycles. The van der Waals surface area contributed by atoms with E-state index in [1.807, 2.05) is 0 Å². The molecule has 0 aliphatic carbocycles. The van der Waals surface area contributed by atoms with Crippen molar-refractivity contribution in [3.8, 4) is 0 Å². The number of aliphatic hydroxyl groups excluding tert-OH is 1. The largest absolute Gasteiger partial charge is 0.394 e. The average Bonchev–Trinajstić information content (AvgIpc) is 2.41. The highest BCUT2D eigenvalue weighted by atomic mass is 35.5. The van der Waals surface area contributed by atoms with Crippen molar-refractivity contribution >= 4 is 17.3 Å². The zero-order valence-corrected chi connectivity index (χ0v) is 10.7. The first-order valence-corrected chi connectivity index (χ1v) is 6.06. The molecule has 0 bridgehead atoms. The van der Waals surface area contributed by atoms with E-state index in [1.54, 1.807) is 18.2 Å². The molecule has 0 radical (unpaired) electrons. The monoisotopic (exact) mass is 283 g/mol. The van der Waals surface area contributed by atoms with E-state index in [4.69, 9.17) is 11.6 Å². The molecule has 100 valence electrons. The Labute approximate surface area is 114 Å². The molecule has 0 spiro atoms. The molecule has 2 nitrogen and oxygen atoms in total. The minimum atomic E-state index is -0.560. The lowest BCUT2D eigenvalue weighted by atomic mass is 10.1. The molecule has 0 amide bonds. The Balaban J connectivity index is 2.25. The predicted octanol–water partition coefficient (Wildman–Crippen LogP) is 3.76. The van der Waals surface area contributed by atoms with E-state index >= 15 is 0 Å². The predicted molar refractivity (Wildman–Crippen MR) is 71.3 cm³/mol. The standard InChI is InChI=1S/C14H12ClF2NO/c15-10-7-9(5-6-11(10)16)14(8-19)18-13-4-2-1-3-12(13)17/h1-7,14,18-19H,8H2. The number of halogens is 3. The number of nitrogens with one attached hydrogen (secondary N) is 1. The molecule has 2 N–H and O–H groups in total. The minimum absolute atomic E-state index is 0.0358. The molecule has 1 unspecified atom stereocenters. The van der Waals surface area contributed by atoms with Crippen LogP contribution in [0.2, 0.25) is 5.02 Å². The lowest BCUT2D eigenvalue weighted by Gasteiger charge is -2.18. The molecular weight excluding hydrogens is 272 g/mol. The summed E-state index contributed by atoms with van der Waals surface area (Å²) in [5.41, 5.74) is 0.846. The van der Waals surface area contributed by atoms with E-state index in [0.717, 1.165) is 0 Å². The van der Waals surface area contributed by atoms with Crippen LogP contribution in [-0.2, 0) is 0 Å². The number of para-hydroxylation sites is 1. The van der Waals surface area contributed by atoms with Crippen molar-refractivity contribution in [3.63, 3.8) is 0 Å². The SMILES string of the molecule is OCC(Nc1ccccc1F)c1ccc(F)c(Cl)c1. The Morgan fingerprint density at radius 3 is 2.47 bits per heavy atom. The summed E-state index contributed by atoms with van der Waals surface area (Å²) in [5.74, 6) is -0.956. The Bertz CT molecular complexity index is 577. The first-order chi connectivity index (χ1) is 9.11. The topological polar surface area (TPSA) is 32.3 Å². The van der Waals surface area contributed by atoms with Gasteiger partial charge in [-0.3, -0.25) is 0 Å². The van der Waals surface area contributed by atoms with E-state index in [2.05, 4.69) is 5.32 Å². The van der Waals surface area contributed by atoms with Crippen molar-refractivity contribution in [2.24, 2.45) is 0 Å². The molecule has 0 aromatic heterocycles. The highest BCUT2D eigenvalue weighted by Gasteiger charge is 2.13. The highest BCUT2D eigenvalue weighted by Crippen LogP contribution is 2.25. The maximum absolute atomic E-state index is 13.5. The van der Waals surface area contributed by atoms with Gasteiger partial charge in [0, 0.05) is 0 Å². The van der Waals surface area contributed by atoms with Crippen LogP contribution in [0.15, 0.2) is 42.5 Å². The molecule has 2 rings (SSSR count). The summed E-state index contributed by atoms with van der Waals surface area (Å²) in [7, 11) is 0. The van der Waals surface area contributed by atoms with Crippen LogP contribution in [0, 0.1) is 11.6 Å². The minimum Gasteiger partial charge on any atom is -0.394 e. The van der Waals surface area contributed by atoms with Gasteiger partial charge in [-0.2, -0.15) is 0 Å². The fourth-order valence-electron chi connectivity index (χ4n) is 1.73. The van der Waals surface area contributed by atoms with Crippen LogP contribution in [-0.4, -0.2) is 11.7 Å². The van der Waals surface area contributed by atoms with Crippen LogP contribution in [0.5, 0.6) is 0 Å². The second-order valence-corrected chi connectivity index (χ2v) is 4.44. The molecule has 0 saturated heterocycles. The highest BCUT2D eigenvalue weighted by molar-refractivity contribution is 6.30. The van der Waals surface area contributed by atoms with Crippen LogP contribution in [0.4, 0.5) is 14.5 Å². The molecule has 2 aromatic carbocycles. The number of aliphatic hydroxyl groups is 1. The molecule has 2 aromatic rings. The third-order valence-electron chi connectivity index (χ3n) is 2.73. The second-order valence-electron chi connectivity index (χ2n) is 4.03. The van der Waals surface area contributed by atoms with Gasteiger partial charge in [-0.05, 0) is 29.8 Å². The van der Waals surface area contributed by atoms with Crippen LogP contribution in [0.1, 0.15) is 11.6 Å². The maximum Gasteiger partial charge on any atom is 0.146 e. The summed E-state index contributed by atoms with van der Waals surface area (Å²) in [6, 6.07) is 9.68. The number of anilines is 1. The zero-order valence-electron chi connectivity index (χ0n) is 9.91. The van der Waals surface area contributed by atoms with Gasteiger partial charge in [0.15, 0.2) is 0 Å². The van der Waals surface area contributed by atoms with Gasteiger partial charge in [0.25, 0.3) is 0 Å². The molecule has 0 heterocycles. The van der Waals surface area contributed by atoms with Gasteiger partial charge < -0.3 is 10.4 Å². The normalized spacial score (nSPS) is 12.2. The van der Waals surface area contributed by atoms with Crippen molar-refractivity contribution in [1.29, 1.82) is 0 Å². The number of hydrogen-bond donors (Lipinski definition) is 2. The fourth-order valence-corrected chi connectivity index (χ4v) is 1.92. The molecule has 19 heavy (non-hydrogen) atoms. The van der Waals surface area contributed by atoms with Gasteiger partial charge in [0.2, 0.25) is 0 Å². The van der Waals surface area contributed by atoms with E-state index in [1.165, 1.54) is 24.3 Å². The quantitative estimate of drug-likeness (QED) is 0.895. The summed E-state index contributed by atoms with van der Waals surface area (Å²) < 4.78 is 26.6. The number of rotatable bonds is 4. The smallest absolute Gasteiger partial charge is 0.146 e.